The summed E-state index contributed by atoms with van der Waals surface area (Å²) in [6, 6.07) is 1.55. The Hall–Kier alpha value is -1.85. The largest absolute Gasteiger partial charge is 0.345 e. The topological polar surface area (TPSA) is 67.2 Å². The fourth-order valence-electron chi connectivity index (χ4n) is 2.06. The molecule has 1 saturated heterocycles. The van der Waals surface area contributed by atoms with Gasteiger partial charge in [-0.3, -0.25) is 14.3 Å². The molecule has 1 N–H and O–H groups in total. The number of amides is 2. The maximum absolute atomic E-state index is 11.8. The Balaban J connectivity index is 2.18. The number of hydrogen-bond acceptors (Lipinski definition) is 3. The van der Waals surface area contributed by atoms with Crippen molar-refractivity contribution < 1.29 is 9.59 Å². The second-order valence-corrected chi connectivity index (χ2v) is 4.52. The third-order valence-electron chi connectivity index (χ3n) is 3.30. The molecule has 2 amide bonds. The Morgan fingerprint density at radius 3 is 2.83 bits per heavy atom. The van der Waals surface area contributed by atoms with Crippen molar-refractivity contribution in [3.8, 4) is 0 Å². The molecule has 0 radical (unpaired) electrons. The molecule has 1 unspecified atom stereocenters. The highest BCUT2D eigenvalue weighted by atomic mass is 16.2. The molecule has 6 nitrogen and oxygen atoms in total. The zero-order chi connectivity index (χ0) is 13.3. The third-order valence-corrected chi connectivity index (χ3v) is 3.30. The lowest BCUT2D eigenvalue weighted by Gasteiger charge is -2.32. The number of hydrogen-bond donors (Lipinski definition) is 1. The first kappa shape index (κ1) is 12.6. The molecule has 1 aromatic rings. The molecular weight excluding hydrogens is 232 g/mol. The number of aryl methyl sites for hydroxylation is 2. The Bertz CT molecular complexity index is 480. The van der Waals surface area contributed by atoms with Crippen LogP contribution in [-0.4, -0.2) is 39.1 Å². The monoisotopic (exact) mass is 250 g/mol. The van der Waals surface area contributed by atoms with Gasteiger partial charge in [0.1, 0.15) is 6.04 Å². The Morgan fingerprint density at radius 2 is 2.22 bits per heavy atom. The molecule has 0 saturated carbocycles. The summed E-state index contributed by atoms with van der Waals surface area (Å²) < 4.78 is 1.77. The summed E-state index contributed by atoms with van der Waals surface area (Å²) in [6.07, 6.45) is 0.859. The van der Waals surface area contributed by atoms with Crippen LogP contribution in [0.15, 0.2) is 6.07 Å². The van der Waals surface area contributed by atoms with E-state index < -0.39 is 6.04 Å². The van der Waals surface area contributed by atoms with Crippen molar-refractivity contribution in [3.63, 3.8) is 0 Å². The Morgan fingerprint density at radius 1 is 1.50 bits per heavy atom. The van der Waals surface area contributed by atoms with Crippen molar-refractivity contribution in [2.45, 2.75) is 32.9 Å². The standard InChI is InChI=1S/C12H18N4O2/c1-4-9-5-10(15(3)14-9)7-16-8(2)12(18)13-6-11(16)17/h5,8H,4,6-7H2,1-3H3,(H,13,18). The zero-order valence-corrected chi connectivity index (χ0v) is 10.9. The summed E-state index contributed by atoms with van der Waals surface area (Å²) in [5, 5.41) is 6.92. The van der Waals surface area contributed by atoms with Crippen LogP contribution in [-0.2, 0) is 29.6 Å². The van der Waals surface area contributed by atoms with E-state index in [0.717, 1.165) is 17.8 Å². The van der Waals surface area contributed by atoms with Gasteiger partial charge in [0, 0.05) is 7.05 Å². The predicted octanol–water partition coefficient (Wildman–Crippen LogP) is -0.171. The molecule has 1 aliphatic heterocycles. The quantitative estimate of drug-likeness (QED) is 0.810. The van der Waals surface area contributed by atoms with E-state index in [-0.39, 0.29) is 18.4 Å². The number of aromatic nitrogens is 2. The van der Waals surface area contributed by atoms with Crippen LogP contribution in [0, 0.1) is 0 Å². The van der Waals surface area contributed by atoms with Crippen LogP contribution < -0.4 is 5.32 Å². The lowest BCUT2D eigenvalue weighted by atomic mass is 10.2. The van der Waals surface area contributed by atoms with E-state index >= 15 is 0 Å². The first-order valence-corrected chi connectivity index (χ1v) is 6.12. The molecule has 2 rings (SSSR count). The minimum absolute atomic E-state index is 0.0543. The van der Waals surface area contributed by atoms with E-state index in [9.17, 15) is 9.59 Å². The van der Waals surface area contributed by atoms with Crippen molar-refractivity contribution in [3.05, 3.63) is 17.5 Å². The van der Waals surface area contributed by atoms with Gasteiger partial charge in [0.05, 0.1) is 24.5 Å². The van der Waals surface area contributed by atoms with Gasteiger partial charge in [0.15, 0.2) is 0 Å². The van der Waals surface area contributed by atoms with Gasteiger partial charge in [0.2, 0.25) is 11.8 Å². The molecule has 0 spiro atoms. The Labute approximate surface area is 106 Å². The van der Waals surface area contributed by atoms with E-state index in [4.69, 9.17) is 0 Å². The van der Waals surface area contributed by atoms with Gasteiger partial charge in [-0.25, -0.2) is 0 Å². The maximum atomic E-state index is 11.8. The normalized spacial score (nSPS) is 20.2. The predicted molar refractivity (Wildman–Crippen MR) is 65.6 cm³/mol. The first-order chi connectivity index (χ1) is 8.52. The van der Waals surface area contributed by atoms with Gasteiger partial charge in [-0.05, 0) is 19.4 Å². The summed E-state index contributed by atoms with van der Waals surface area (Å²) >= 11 is 0. The van der Waals surface area contributed by atoms with Crippen LogP contribution in [0.3, 0.4) is 0 Å². The average Bonchev–Trinajstić information content (AvgIpc) is 2.70. The summed E-state index contributed by atoms with van der Waals surface area (Å²) in [5.41, 5.74) is 1.94. The van der Waals surface area contributed by atoms with Crippen LogP contribution in [0.2, 0.25) is 0 Å². The van der Waals surface area contributed by atoms with E-state index in [2.05, 4.69) is 10.4 Å². The molecule has 18 heavy (non-hydrogen) atoms. The van der Waals surface area contributed by atoms with Gasteiger partial charge in [0.25, 0.3) is 0 Å². The molecule has 0 aromatic carbocycles. The highest BCUT2D eigenvalue weighted by Crippen LogP contribution is 2.12. The minimum atomic E-state index is -0.425. The van der Waals surface area contributed by atoms with Crippen LogP contribution in [0.5, 0.6) is 0 Å². The number of carbonyl (C=O) groups excluding carboxylic acids is 2. The molecule has 0 bridgehead atoms. The molecule has 1 atom stereocenters. The molecule has 1 aromatic heterocycles. The van der Waals surface area contributed by atoms with Gasteiger partial charge >= 0.3 is 0 Å². The van der Waals surface area contributed by atoms with Crippen molar-refractivity contribution in [2.75, 3.05) is 6.54 Å². The van der Waals surface area contributed by atoms with Crippen molar-refractivity contribution >= 4 is 11.8 Å². The van der Waals surface area contributed by atoms with E-state index in [1.54, 1.807) is 16.5 Å². The van der Waals surface area contributed by atoms with Gasteiger partial charge in [-0.1, -0.05) is 6.92 Å². The second kappa shape index (κ2) is 4.80. The van der Waals surface area contributed by atoms with Crippen LogP contribution in [0.4, 0.5) is 0 Å². The summed E-state index contributed by atoms with van der Waals surface area (Å²) in [6.45, 7) is 4.29. The van der Waals surface area contributed by atoms with E-state index in [1.165, 1.54) is 0 Å². The molecule has 0 aliphatic carbocycles. The van der Waals surface area contributed by atoms with Crippen molar-refractivity contribution in [2.24, 2.45) is 7.05 Å². The SMILES string of the molecule is CCc1cc(CN2C(=O)CNC(=O)C2C)n(C)n1. The zero-order valence-electron chi connectivity index (χ0n) is 10.9. The van der Waals surface area contributed by atoms with Gasteiger partial charge in [-0.15, -0.1) is 0 Å². The number of nitrogens with one attached hydrogen (secondary N) is 1. The second-order valence-electron chi connectivity index (χ2n) is 4.52. The van der Waals surface area contributed by atoms with E-state index in [1.807, 2.05) is 20.0 Å². The molecule has 1 fully saturated rings. The first-order valence-electron chi connectivity index (χ1n) is 6.12. The van der Waals surface area contributed by atoms with E-state index in [0.29, 0.717) is 6.54 Å². The number of nitrogens with zero attached hydrogens (tertiary/aromatic N) is 3. The molecule has 1 aliphatic rings. The summed E-state index contributed by atoms with van der Waals surface area (Å²) in [4.78, 5) is 25.0. The molecule has 6 heteroatoms. The highest BCUT2D eigenvalue weighted by molar-refractivity contribution is 5.94. The van der Waals surface area contributed by atoms with Crippen LogP contribution >= 0.6 is 0 Å². The summed E-state index contributed by atoms with van der Waals surface area (Å²) in [5.74, 6) is -0.158. The summed E-state index contributed by atoms with van der Waals surface area (Å²) in [7, 11) is 1.85. The van der Waals surface area contributed by atoms with Crippen molar-refractivity contribution in [1.29, 1.82) is 0 Å². The number of carbonyl (C=O) groups is 2. The number of piperazine rings is 1. The van der Waals surface area contributed by atoms with Crippen molar-refractivity contribution in [1.82, 2.24) is 20.0 Å². The molecular formula is C12H18N4O2. The molecule has 2 heterocycles. The minimum Gasteiger partial charge on any atom is -0.345 e. The fourth-order valence-corrected chi connectivity index (χ4v) is 2.06. The van der Waals surface area contributed by atoms with Crippen LogP contribution in [0.1, 0.15) is 25.2 Å². The highest BCUT2D eigenvalue weighted by Gasteiger charge is 2.31. The fraction of sp³-hybridized carbons (Fsp3) is 0.583. The van der Waals surface area contributed by atoms with Gasteiger partial charge in [-0.2, -0.15) is 5.10 Å². The molecule has 98 valence electrons. The number of rotatable bonds is 3. The smallest absolute Gasteiger partial charge is 0.242 e. The van der Waals surface area contributed by atoms with Crippen LogP contribution in [0.25, 0.3) is 0 Å². The van der Waals surface area contributed by atoms with Gasteiger partial charge < -0.3 is 10.2 Å². The Kier molecular flexibility index (Phi) is 3.36. The third kappa shape index (κ3) is 2.23. The average molecular weight is 250 g/mol. The lowest BCUT2D eigenvalue weighted by molar-refractivity contribution is -0.145. The lowest BCUT2D eigenvalue weighted by Crippen LogP contribution is -2.56. The maximum Gasteiger partial charge on any atom is 0.242 e.